The van der Waals surface area contributed by atoms with Crippen LogP contribution in [0.1, 0.15) is 45.4 Å². The van der Waals surface area contributed by atoms with Crippen LogP contribution in [0.5, 0.6) is 0 Å². The molecule has 1 saturated carbocycles. The summed E-state index contributed by atoms with van der Waals surface area (Å²) in [5.74, 6) is 1.11. The van der Waals surface area contributed by atoms with Crippen molar-refractivity contribution in [3.05, 3.63) is 0 Å². The Labute approximate surface area is 85.0 Å². The van der Waals surface area contributed by atoms with Crippen LogP contribution in [0.15, 0.2) is 0 Å². The summed E-state index contributed by atoms with van der Waals surface area (Å²) in [7, 11) is 0. The van der Waals surface area contributed by atoms with Gasteiger partial charge < -0.3 is 10.5 Å². The molecule has 0 aromatic rings. The molecule has 14 heavy (non-hydrogen) atoms. The van der Waals surface area contributed by atoms with Crippen molar-refractivity contribution in [1.82, 2.24) is 0 Å². The predicted molar refractivity (Wildman–Crippen MR) is 54.6 cm³/mol. The Morgan fingerprint density at radius 1 is 1.07 bits per heavy atom. The van der Waals surface area contributed by atoms with Crippen LogP contribution < -0.4 is 5.73 Å². The zero-order valence-electron chi connectivity index (χ0n) is 8.79. The fourth-order valence-electron chi connectivity index (χ4n) is 2.33. The van der Waals surface area contributed by atoms with Gasteiger partial charge in [-0.05, 0) is 44.4 Å². The first-order valence-corrected chi connectivity index (χ1v) is 5.35. The smallest absolute Gasteiger partial charge is 0.217 e. The number of Topliss-reactive ketones (excluding diaryl/α,β-unsaturated/α-hetero) is 1. The highest BCUT2D eigenvalue weighted by molar-refractivity contribution is 5.75. The van der Waals surface area contributed by atoms with Crippen molar-refractivity contribution in [3.8, 4) is 0 Å². The number of ketones is 1. The first kappa shape index (κ1) is 11.2. The highest BCUT2D eigenvalue weighted by atomic mass is 16.1. The van der Waals surface area contributed by atoms with Crippen LogP contribution in [0.3, 0.4) is 0 Å². The molecule has 0 heterocycles. The molecule has 3 heteroatoms. The number of rotatable bonds is 4. The van der Waals surface area contributed by atoms with E-state index in [9.17, 15) is 9.59 Å². The van der Waals surface area contributed by atoms with E-state index in [1.165, 1.54) is 0 Å². The topological polar surface area (TPSA) is 60.2 Å². The monoisotopic (exact) mass is 197 g/mol. The van der Waals surface area contributed by atoms with Gasteiger partial charge in [0.25, 0.3) is 0 Å². The Bertz CT molecular complexity index is 193. The second kappa shape index (κ2) is 5.13. The lowest BCUT2D eigenvalue weighted by Gasteiger charge is -2.27. The zero-order chi connectivity index (χ0) is 10.6. The third kappa shape index (κ3) is 3.90. The number of nitrogens with two attached hydrogens (primary N) is 1. The van der Waals surface area contributed by atoms with Crippen molar-refractivity contribution in [1.29, 1.82) is 0 Å². The van der Waals surface area contributed by atoms with E-state index in [0.29, 0.717) is 24.7 Å². The molecule has 0 unspecified atom stereocenters. The van der Waals surface area contributed by atoms with Crippen LogP contribution >= 0.6 is 0 Å². The maximum atomic E-state index is 10.9. The lowest BCUT2D eigenvalue weighted by Crippen LogP contribution is -2.22. The Hall–Kier alpha value is -0.860. The number of hydrogen-bond acceptors (Lipinski definition) is 2. The summed E-state index contributed by atoms with van der Waals surface area (Å²) < 4.78 is 0. The quantitative estimate of drug-likeness (QED) is 0.744. The second-order valence-electron chi connectivity index (χ2n) is 4.46. The van der Waals surface area contributed by atoms with Gasteiger partial charge in [-0.1, -0.05) is 0 Å². The summed E-state index contributed by atoms with van der Waals surface area (Å²) in [6.45, 7) is 1.65. The molecule has 1 rings (SSSR count). The van der Waals surface area contributed by atoms with Crippen LogP contribution in [0.4, 0.5) is 0 Å². The highest BCUT2D eigenvalue weighted by Crippen LogP contribution is 2.32. The zero-order valence-corrected chi connectivity index (χ0v) is 8.79. The van der Waals surface area contributed by atoms with Crippen LogP contribution in [0.2, 0.25) is 0 Å². The van der Waals surface area contributed by atoms with Gasteiger partial charge in [0.05, 0.1) is 0 Å². The van der Waals surface area contributed by atoms with Crippen molar-refractivity contribution < 1.29 is 9.59 Å². The molecule has 3 nitrogen and oxygen atoms in total. The molecule has 1 aliphatic carbocycles. The molecule has 0 atom stereocenters. The third-order valence-electron chi connectivity index (χ3n) is 3.03. The van der Waals surface area contributed by atoms with Gasteiger partial charge >= 0.3 is 0 Å². The van der Waals surface area contributed by atoms with Gasteiger partial charge in [0, 0.05) is 12.8 Å². The molecule has 0 spiro atoms. The molecule has 0 bridgehead atoms. The van der Waals surface area contributed by atoms with Gasteiger partial charge in [-0.25, -0.2) is 0 Å². The molecule has 0 aliphatic heterocycles. The van der Waals surface area contributed by atoms with E-state index in [1.807, 2.05) is 0 Å². The van der Waals surface area contributed by atoms with Crippen molar-refractivity contribution in [2.75, 3.05) is 0 Å². The van der Waals surface area contributed by atoms with Crippen LogP contribution in [0.25, 0.3) is 0 Å². The minimum absolute atomic E-state index is 0.194. The van der Waals surface area contributed by atoms with Crippen molar-refractivity contribution in [2.45, 2.75) is 45.4 Å². The molecule has 0 radical (unpaired) electrons. The normalized spacial score (nSPS) is 27.2. The van der Waals surface area contributed by atoms with E-state index in [0.717, 1.165) is 25.7 Å². The first-order valence-electron chi connectivity index (χ1n) is 5.35. The third-order valence-corrected chi connectivity index (χ3v) is 3.03. The number of carbonyl (C=O) groups excluding carboxylic acids is 2. The fourth-order valence-corrected chi connectivity index (χ4v) is 2.33. The minimum atomic E-state index is -0.194. The molecule has 2 N–H and O–H groups in total. The van der Waals surface area contributed by atoms with Gasteiger partial charge in [0.1, 0.15) is 5.78 Å². The van der Waals surface area contributed by atoms with E-state index < -0.39 is 0 Å². The SMILES string of the molecule is CC(=O)CC1CCC(CC(N)=O)CC1. The largest absolute Gasteiger partial charge is 0.370 e. The Kier molecular flexibility index (Phi) is 4.11. The first-order chi connectivity index (χ1) is 6.58. The molecule has 80 valence electrons. The van der Waals surface area contributed by atoms with E-state index >= 15 is 0 Å². The lowest BCUT2D eigenvalue weighted by molar-refractivity contribution is -0.120. The summed E-state index contributed by atoms with van der Waals surface area (Å²) in [4.78, 5) is 21.6. The van der Waals surface area contributed by atoms with Crippen LogP contribution in [-0.2, 0) is 9.59 Å². The van der Waals surface area contributed by atoms with Gasteiger partial charge in [0.15, 0.2) is 0 Å². The summed E-state index contributed by atoms with van der Waals surface area (Å²) >= 11 is 0. The van der Waals surface area contributed by atoms with Gasteiger partial charge in [-0.2, -0.15) is 0 Å². The molecular formula is C11H19NO2. The fraction of sp³-hybridized carbons (Fsp3) is 0.818. The number of primary amides is 1. The van der Waals surface area contributed by atoms with E-state index in [-0.39, 0.29) is 11.7 Å². The maximum Gasteiger partial charge on any atom is 0.217 e. The number of hydrogen-bond donors (Lipinski definition) is 1. The predicted octanol–water partition coefficient (Wildman–Crippen LogP) is 1.65. The summed E-state index contributed by atoms with van der Waals surface area (Å²) in [6.07, 6.45) is 5.51. The van der Waals surface area contributed by atoms with Crippen LogP contribution in [0, 0.1) is 11.8 Å². The molecule has 0 aromatic heterocycles. The Morgan fingerprint density at radius 3 is 1.86 bits per heavy atom. The Morgan fingerprint density at radius 2 is 1.50 bits per heavy atom. The number of amides is 1. The molecule has 0 aromatic carbocycles. The van der Waals surface area contributed by atoms with Gasteiger partial charge in [-0.3, -0.25) is 4.79 Å². The number of carbonyl (C=O) groups is 2. The second-order valence-corrected chi connectivity index (χ2v) is 4.46. The molecule has 1 aliphatic rings. The van der Waals surface area contributed by atoms with E-state index in [2.05, 4.69) is 0 Å². The standard InChI is InChI=1S/C11H19NO2/c1-8(13)6-9-2-4-10(5-3-9)7-11(12)14/h9-10H,2-7H2,1H3,(H2,12,14). The molecule has 0 saturated heterocycles. The van der Waals surface area contributed by atoms with Crippen LogP contribution in [-0.4, -0.2) is 11.7 Å². The van der Waals surface area contributed by atoms with Gasteiger partial charge in [0.2, 0.25) is 5.91 Å². The van der Waals surface area contributed by atoms with E-state index in [1.54, 1.807) is 6.92 Å². The van der Waals surface area contributed by atoms with Crippen molar-refractivity contribution in [2.24, 2.45) is 17.6 Å². The highest BCUT2D eigenvalue weighted by Gasteiger charge is 2.22. The molecular weight excluding hydrogens is 178 g/mol. The van der Waals surface area contributed by atoms with E-state index in [4.69, 9.17) is 5.73 Å². The average molecular weight is 197 g/mol. The Balaban J connectivity index is 2.24. The summed E-state index contributed by atoms with van der Waals surface area (Å²) in [5.41, 5.74) is 5.15. The van der Waals surface area contributed by atoms with Crippen molar-refractivity contribution in [3.63, 3.8) is 0 Å². The average Bonchev–Trinajstić information content (AvgIpc) is 2.06. The van der Waals surface area contributed by atoms with Gasteiger partial charge in [-0.15, -0.1) is 0 Å². The minimum Gasteiger partial charge on any atom is -0.370 e. The summed E-state index contributed by atoms with van der Waals surface area (Å²) in [6, 6.07) is 0. The molecule has 1 fully saturated rings. The summed E-state index contributed by atoms with van der Waals surface area (Å²) in [5, 5.41) is 0. The van der Waals surface area contributed by atoms with Crippen molar-refractivity contribution >= 4 is 11.7 Å². The lowest BCUT2D eigenvalue weighted by atomic mass is 9.78. The molecule has 1 amide bonds. The maximum absolute atomic E-state index is 10.9.